The maximum Gasteiger partial charge on any atom is 0.270 e. The molecule has 0 saturated heterocycles. The summed E-state index contributed by atoms with van der Waals surface area (Å²) in [4.78, 5) is 11.9. The van der Waals surface area contributed by atoms with Crippen molar-refractivity contribution in [1.82, 2.24) is 5.43 Å². The minimum absolute atomic E-state index is 0.0477. The Bertz CT molecular complexity index is 388. The summed E-state index contributed by atoms with van der Waals surface area (Å²) in [6.07, 6.45) is 3.83. The van der Waals surface area contributed by atoms with Crippen molar-refractivity contribution in [2.45, 2.75) is 31.3 Å². The number of benzene rings is 1. The van der Waals surface area contributed by atoms with Crippen molar-refractivity contribution in [3.63, 3.8) is 0 Å². The predicted octanol–water partition coefficient (Wildman–Crippen LogP) is 1.05. The van der Waals surface area contributed by atoms with Crippen LogP contribution in [0.1, 0.15) is 31.2 Å². The zero-order valence-corrected chi connectivity index (χ0v) is 9.73. The van der Waals surface area contributed by atoms with Crippen LogP contribution in [-0.2, 0) is 10.4 Å². The number of hydrazine groups is 1. The van der Waals surface area contributed by atoms with Crippen molar-refractivity contribution in [2.75, 3.05) is 0 Å². The Morgan fingerprint density at radius 3 is 2.41 bits per heavy atom. The Morgan fingerprint density at radius 2 is 1.88 bits per heavy atom. The van der Waals surface area contributed by atoms with Crippen molar-refractivity contribution >= 4 is 5.91 Å². The molecule has 17 heavy (non-hydrogen) atoms. The molecule has 0 aliphatic heterocycles. The van der Waals surface area contributed by atoms with Crippen molar-refractivity contribution < 1.29 is 9.90 Å². The van der Waals surface area contributed by atoms with E-state index in [0.29, 0.717) is 5.56 Å². The van der Waals surface area contributed by atoms with Crippen LogP contribution in [0.5, 0.6) is 0 Å². The van der Waals surface area contributed by atoms with Gasteiger partial charge in [0.2, 0.25) is 0 Å². The van der Waals surface area contributed by atoms with Gasteiger partial charge in [-0.2, -0.15) is 0 Å². The molecule has 1 saturated carbocycles. The molecular formula is C13H18N2O2. The highest BCUT2D eigenvalue weighted by atomic mass is 16.3. The number of rotatable bonds is 3. The van der Waals surface area contributed by atoms with Gasteiger partial charge in [0.15, 0.2) is 5.60 Å². The molecule has 0 aromatic heterocycles. The van der Waals surface area contributed by atoms with Crippen LogP contribution in [0.25, 0.3) is 0 Å². The Labute approximate surface area is 101 Å². The second-order valence-corrected chi connectivity index (χ2v) is 4.59. The molecule has 4 heteroatoms. The van der Waals surface area contributed by atoms with Crippen LogP contribution in [0.4, 0.5) is 0 Å². The molecule has 1 aromatic rings. The maximum absolute atomic E-state index is 11.9. The van der Waals surface area contributed by atoms with Crippen molar-refractivity contribution in [3.8, 4) is 0 Å². The fraction of sp³-hybridized carbons (Fsp3) is 0.462. The average Bonchev–Trinajstić information content (AvgIpc) is 2.92. The average molecular weight is 234 g/mol. The third kappa shape index (κ3) is 2.06. The maximum atomic E-state index is 11.9. The highest BCUT2D eigenvalue weighted by molar-refractivity contribution is 5.86. The molecule has 1 aromatic carbocycles. The standard InChI is InChI=1S/C13H18N2O2/c14-15-12(16)13(17,11-8-4-5-9-11)10-6-2-1-3-7-10/h1-3,6-7,11,17H,4-5,8-9,14H2,(H,15,16)/t13-/m1/s1. The van der Waals surface area contributed by atoms with E-state index in [0.717, 1.165) is 25.7 Å². The number of nitrogens with one attached hydrogen (secondary N) is 1. The monoisotopic (exact) mass is 234 g/mol. The highest BCUT2D eigenvalue weighted by Crippen LogP contribution is 2.40. The van der Waals surface area contributed by atoms with E-state index in [1.807, 2.05) is 18.2 Å². The quantitative estimate of drug-likeness (QED) is 0.416. The van der Waals surface area contributed by atoms with Gasteiger partial charge in [-0.15, -0.1) is 0 Å². The van der Waals surface area contributed by atoms with Crippen molar-refractivity contribution in [3.05, 3.63) is 35.9 Å². The number of hydrogen-bond acceptors (Lipinski definition) is 3. The van der Waals surface area contributed by atoms with E-state index in [1.165, 1.54) is 0 Å². The second-order valence-electron chi connectivity index (χ2n) is 4.59. The SMILES string of the molecule is NNC(=O)[C@@](O)(c1ccccc1)C1CCCC1. The molecule has 1 aliphatic rings. The van der Waals surface area contributed by atoms with Gasteiger partial charge >= 0.3 is 0 Å². The third-order valence-electron chi connectivity index (χ3n) is 3.64. The first-order valence-corrected chi connectivity index (χ1v) is 5.98. The molecule has 1 aliphatic carbocycles. The number of nitrogens with two attached hydrogens (primary N) is 1. The van der Waals surface area contributed by atoms with Crippen molar-refractivity contribution in [1.29, 1.82) is 0 Å². The molecule has 4 N–H and O–H groups in total. The summed E-state index contributed by atoms with van der Waals surface area (Å²) in [5.74, 6) is 4.64. The van der Waals surface area contributed by atoms with Crippen LogP contribution in [0.15, 0.2) is 30.3 Å². The van der Waals surface area contributed by atoms with E-state index in [-0.39, 0.29) is 5.92 Å². The Kier molecular flexibility index (Phi) is 3.45. The summed E-state index contributed by atoms with van der Waals surface area (Å²) in [7, 11) is 0. The fourth-order valence-corrected chi connectivity index (χ4v) is 2.70. The predicted molar refractivity (Wildman–Crippen MR) is 64.6 cm³/mol. The zero-order valence-electron chi connectivity index (χ0n) is 9.73. The second kappa shape index (κ2) is 4.85. The van der Waals surface area contributed by atoms with Crippen LogP contribution in [0, 0.1) is 5.92 Å². The molecule has 1 atom stereocenters. The Balaban J connectivity index is 2.39. The van der Waals surface area contributed by atoms with Crippen LogP contribution >= 0.6 is 0 Å². The first-order chi connectivity index (χ1) is 8.19. The van der Waals surface area contributed by atoms with Gasteiger partial charge in [-0.25, -0.2) is 5.84 Å². The van der Waals surface area contributed by atoms with Crippen LogP contribution < -0.4 is 11.3 Å². The minimum atomic E-state index is -1.49. The summed E-state index contributed by atoms with van der Waals surface area (Å²) >= 11 is 0. The molecular weight excluding hydrogens is 216 g/mol. The minimum Gasteiger partial charge on any atom is -0.375 e. The number of amides is 1. The van der Waals surface area contributed by atoms with E-state index in [4.69, 9.17) is 5.84 Å². The molecule has 0 heterocycles. The van der Waals surface area contributed by atoms with Gasteiger partial charge in [0.1, 0.15) is 0 Å². The Hall–Kier alpha value is -1.39. The van der Waals surface area contributed by atoms with E-state index >= 15 is 0 Å². The van der Waals surface area contributed by atoms with Crippen LogP contribution in [0.3, 0.4) is 0 Å². The molecule has 1 fully saturated rings. The Morgan fingerprint density at radius 1 is 1.29 bits per heavy atom. The van der Waals surface area contributed by atoms with E-state index in [9.17, 15) is 9.90 Å². The third-order valence-corrected chi connectivity index (χ3v) is 3.64. The highest BCUT2D eigenvalue weighted by Gasteiger charge is 2.45. The summed E-state index contributed by atoms with van der Waals surface area (Å²) in [6.45, 7) is 0. The molecule has 0 bridgehead atoms. The normalized spacial score (nSPS) is 19.9. The lowest BCUT2D eigenvalue weighted by Gasteiger charge is -2.32. The number of carbonyl (C=O) groups excluding carboxylic acids is 1. The number of hydrogen-bond donors (Lipinski definition) is 3. The zero-order chi connectivity index (χ0) is 12.3. The molecule has 92 valence electrons. The van der Waals surface area contributed by atoms with Gasteiger partial charge < -0.3 is 5.11 Å². The van der Waals surface area contributed by atoms with E-state index in [1.54, 1.807) is 12.1 Å². The smallest absolute Gasteiger partial charge is 0.270 e. The summed E-state index contributed by atoms with van der Waals surface area (Å²) in [5, 5.41) is 10.8. The largest absolute Gasteiger partial charge is 0.375 e. The van der Waals surface area contributed by atoms with Crippen LogP contribution in [0.2, 0.25) is 0 Å². The van der Waals surface area contributed by atoms with Gasteiger partial charge in [0.25, 0.3) is 5.91 Å². The van der Waals surface area contributed by atoms with Gasteiger partial charge in [0, 0.05) is 5.92 Å². The number of aliphatic hydroxyl groups is 1. The summed E-state index contributed by atoms with van der Waals surface area (Å²) in [6, 6.07) is 9.04. The molecule has 0 unspecified atom stereocenters. The van der Waals surface area contributed by atoms with Gasteiger partial charge in [-0.3, -0.25) is 10.2 Å². The molecule has 0 spiro atoms. The first kappa shape index (κ1) is 12.1. The molecule has 4 nitrogen and oxygen atoms in total. The number of carbonyl (C=O) groups is 1. The van der Waals surface area contributed by atoms with E-state index < -0.39 is 11.5 Å². The van der Waals surface area contributed by atoms with Gasteiger partial charge in [-0.05, 0) is 18.4 Å². The molecule has 1 amide bonds. The topological polar surface area (TPSA) is 75.3 Å². The van der Waals surface area contributed by atoms with Gasteiger partial charge in [0.05, 0.1) is 0 Å². The van der Waals surface area contributed by atoms with E-state index in [2.05, 4.69) is 5.43 Å². The fourth-order valence-electron chi connectivity index (χ4n) is 2.70. The first-order valence-electron chi connectivity index (χ1n) is 5.98. The van der Waals surface area contributed by atoms with Crippen LogP contribution in [-0.4, -0.2) is 11.0 Å². The molecule has 0 radical (unpaired) electrons. The van der Waals surface area contributed by atoms with Gasteiger partial charge in [-0.1, -0.05) is 43.2 Å². The lowest BCUT2D eigenvalue weighted by Crippen LogP contribution is -2.51. The lowest BCUT2D eigenvalue weighted by molar-refractivity contribution is -0.147. The summed E-state index contributed by atoms with van der Waals surface area (Å²) in [5.41, 5.74) is 1.22. The lowest BCUT2D eigenvalue weighted by atomic mass is 9.79. The molecule has 2 rings (SSSR count). The van der Waals surface area contributed by atoms with Crippen molar-refractivity contribution in [2.24, 2.45) is 11.8 Å². The summed E-state index contributed by atoms with van der Waals surface area (Å²) < 4.78 is 0.